The van der Waals surface area contributed by atoms with E-state index in [1.807, 2.05) is 52.0 Å². The monoisotopic (exact) mass is 264 g/mol. The fraction of sp³-hybridized carbons (Fsp3) is 0.400. The maximum Gasteiger partial charge on any atom is 0.192 e. The number of hydrogen-bond donors (Lipinski definition) is 1. The van der Waals surface area contributed by atoms with Crippen molar-refractivity contribution >= 4 is 0 Å². The molecule has 0 aliphatic heterocycles. The molecule has 2 rings (SSSR count). The second kappa shape index (κ2) is 9.16. The van der Waals surface area contributed by atoms with Gasteiger partial charge in [-0.1, -0.05) is 13.8 Å². The Balaban J connectivity index is 0.000000741. The van der Waals surface area contributed by atoms with Crippen LogP contribution in [0.5, 0.6) is 5.75 Å². The Hall–Kier alpha value is -1.81. The lowest BCUT2D eigenvalue weighted by molar-refractivity contribution is 0.415. The van der Waals surface area contributed by atoms with Gasteiger partial charge in [0.15, 0.2) is 11.7 Å². The lowest BCUT2D eigenvalue weighted by atomic mass is 10.1. The summed E-state index contributed by atoms with van der Waals surface area (Å²) in [6.45, 7) is 7.79. The molecule has 4 heteroatoms. The minimum Gasteiger partial charge on any atom is -0.497 e. The second-order valence-corrected chi connectivity index (χ2v) is 3.38. The highest BCUT2D eigenvalue weighted by Crippen LogP contribution is 2.25. The first-order valence-electron chi connectivity index (χ1n) is 6.37. The van der Waals surface area contributed by atoms with Gasteiger partial charge in [0.25, 0.3) is 0 Å². The van der Waals surface area contributed by atoms with E-state index in [1.54, 1.807) is 7.11 Å². The summed E-state index contributed by atoms with van der Waals surface area (Å²) in [6.07, 6.45) is 0. The Morgan fingerprint density at radius 2 is 1.58 bits per heavy atom. The zero-order chi connectivity index (χ0) is 14.8. The molecule has 0 saturated heterocycles. The summed E-state index contributed by atoms with van der Waals surface area (Å²) in [6, 6.07) is 7.75. The first kappa shape index (κ1) is 17.2. The Bertz CT molecular complexity index is 461. The summed E-state index contributed by atoms with van der Waals surface area (Å²) in [5.74, 6) is 2.36. The van der Waals surface area contributed by atoms with Gasteiger partial charge >= 0.3 is 0 Å². The molecule has 1 heterocycles. The van der Waals surface area contributed by atoms with E-state index >= 15 is 0 Å². The van der Waals surface area contributed by atoms with Crippen LogP contribution in [0, 0.1) is 13.8 Å². The summed E-state index contributed by atoms with van der Waals surface area (Å²) in [5.41, 5.74) is 6.44. The van der Waals surface area contributed by atoms with Crippen molar-refractivity contribution in [1.29, 1.82) is 0 Å². The predicted octanol–water partition coefficient (Wildman–Crippen LogP) is 3.57. The topological polar surface area (TPSA) is 61.3 Å². The lowest BCUT2D eigenvalue weighted by Crippen LogP contribution is -1.83. The molecule has 0 radical (unpaired) electrons. The number of ether oxygens (including phenoxy) is 1. The molecule has 0 bridgehead atoms. The Morgan fingerprint density at radius 1 is 1.05 bits per heavy atom. The molecule has 0 aliphatic carbocycles. The van der Waals surface area contributed by atoms with Crippen LogP contribution < -0.4 is 10.5 Å². The molecule has 0 amide bonds. The van der Waals surface area contributed by atoms with Gasteiger partial charge in [-0.15, -0.1) is 0 Å². The molecule has 0 spiro atoms. The Morgan fingerprint density at radius 3 is 1.95 bits per heavy atom. The molecule has 2 N–H and O–H groups in total. The molecule has 1 aromatic carbocycles. The summed E-state index contributed by atoms with van der Waals surface area (Å²) in [4.78, 5) is 4.23. The molecule has 0 unspecified atom stereocenters. The van der Waals surface area contributed by atoms with E-state index in [0.29, 0.717) is 5.89 Å². The molecule has 106 valence electrons. The van der Waals surface area contributed by atoms with Gasteiger partial charge in [0.05, 0.1) is 12.8 Å². The minimum absolute atomic E-state index is 0.693. The zero-order valence-electron chi connectivity index (χ0n) is 12.7. The molecule has 0 atom stereocenters. The summed E-state index contributed by atoms with van der Waals surface area (Å²) >= 11 is 0. The van der Waals surface area contributed by atoms with Crippen LogP contribution in [-0.2, 0) is 0 Å². The van der Waals surface area contributed by atoms with Gasteiger partial charge in [-0.05, 0) is 38.2 Å². The molecular weight excluding hydrogens is 240 g/mol. The van der Waals surface area contributed by atoms with Crippen LogP contribution >= 0.6 is 0 Å². The van der Waals surface area contributed by atoms with Gasteiger partial charge in [0.1, 0.15) is 5.75 Å². The zero-order valence-corrected chi connectivity index (χ0v) is 12.7. The molecule has 0 fully saturated rings. The van der Waals surface area contributed by atoms with Crippen molar-refractivity contribution in [3.05, 3.63) is 35.9 Å². The summed E-state index contributed by atoms with van der Waals surface area (Å²) in [7, 11) is 3.15. The normalized spacial score (nSPS) is 8.79. The van der Waals surface area contributed by atoms with Crippen molar-refractivity contribution in [2.45, 2.75) is 27.7 Å². The first-order chi connectivity index (χ1) is 9.20. The van der Waals surface area contributed by atoms with Crippen LogP contribution in [0.4, 0.5) is 0 Å². The highest BCUT2D eigenvalue weighted by molar-refractivity contribution is 5.60. The van der Waals surface area contributed by atoms with Gasteiger partial charge < -0.3 is 14.9 Å². The van der Waals surface area contributed by atoms with E-state index in [9.17, 15) is 0 Å². The maximum absolute atomic E-state index is 5.52. The Labute approximate surface area is 115 Å². The van der Waals surface area contributed by atoms with Crippen LogP contribution in [0.3, 0.4) is 0 Å². The highest BCUT2D eigenvalue weighted by Gasteiger charge is 2.08. The fourth-order valence-electron chi connectivity index (χ4n) is 1.54. The van der Waals surface area contributed by atoms with Crippen molar-refractivity contribution in [3.8, 4) is 17.1 Å². The summed E-state index contributed by atoms with van der Waals surface area (Å²) in [5, 5.41) is 0. The standard InChI is InChI=1S/C12H13NO2.C2H6.CH5N/c1-8-12(15-9(2)13-8)10-4-6-11(14-3)7-5-10;2*1-2/h4-7H,1-3H3;1-2H3;2H2,1H3. The average molecular weight is 264 g/mol. The number of nitrogens with zero attached hydrogens (tertiary/aromatic N) is 1. The number of methoxy groups -OCH3 is 1. The SMILES string of the molecule is CC.CN.COc1ccc(-c2oc(C)nc2C)cc1. The van der Waals surface area contributed by atoms with Crippen LogP contribution in [0.25, 0.3) is 11.3 Å². The molecule has 2 aromatic rings. The Kier molecular flexibility index (Phi) is 8.29. The molecule has 1 aromatic heterocycles. The number of nitrogens with two attached hydrogens (primary N) is 1. The third-order valence-electron chi connectivity index (χ3n) is 2.26. The second-order valence-electron chi connectivity index (χ2n) is 3.38. The average Bonchev–Trinajstić information content (AvgIpc) is 2.82. The van der Waals surface area contributed by atoms with Crippen molar-refractivity contribution in [2.24, 2.45) is 5.73 Å². The van der Waals surface area contributed by atoms with Crippen LogP contribution in [0.2, 0.25) is 0 Å². The van der Waals surface area contributed by atoms with E-state index in [1.165, 1.54) is 7.05 Å². The number of aromatic nitrogens is 1. The number of benzene rings is 1. The van der Waals surface area contributed by atoms with E-state index in [0.717, 1.165) is 22.8 Å². The maximum atomic E-state index is 5.52. The van der Waals surface area contributed by atoms with Gasteiger partial charge in [0, 0.05) is 12.5 Å². The number of oxazole rings is 1. The van der Waals surface area contributed by atoms with Gasteiger partial charge in [-0.25, -0.2) is 4.98 Å². The van der Waals surface area contributed by atoms with Crippen molar-refractivity contribution in [2.75, 3.05) is 14.2 Å². The van der Waals surface area contributed by atoms with E-state index < -0.39 is 0 Å². The van der Waals surface area contributed by atoms with E-state index in [2.05, 4.69) is 10.7 Å². The van der Waals surface area contributed by atoms with E-state index in [4.69, 9.17) is 9.15 Å². The van der Waals surface area contributed by atoms with Crippen LogP contribution in [-0.4, -0.2) is 19.1 Å². The van der Waals surface area contributed by atoms with Crippen molar-refractivity contribution < 1.29 is 9.15 Å². The minimum atomic E-state index is 0.693. The number of aryl methyl sites for hydroxylation is 2. The fourth-order valence-corrected chi connectivity index (χ4v) is 1.54. The molecule has 4 nitrogen and oxygen atoms in total. The highest BCUT2D eigenvalue weighted by atomic mass is 16.5. The van der Waals surface area contributed by atoms with Gasteiger partial charge in [-0.2, -0.15) is 0 Å². The lowest BCUT2D eigenvalue weighted by Gasteiger charge is -2.00. The smallest absolute Gasteiger partial charge is 0.192 e. The number of rotatable bonds is 2. The molecule has 0 aliphatic rings. The largest absolute Gasteiger partial charge is 0.497 e. The predicted molar refractivity (Wildman–Crippen MR) is 79.4 cm³/mol. The van der Waals surface area contributed by atoms with Crippen LogP contribution in [0.1, 0.15) is 25.4 Å². The third-order valence-corrected chi connectivity index (χ3v) is 2.26. The molecule has 0 saturated carbocycles. The third kappa shape index (κ3) is 4.75. The summed E-state index contributed by atoms with van der Waals surface area (Å²) < 4.78 is 10.6. The van der Waals surface area contributed by atoms with Gasteiger partial charge in [-0.3, -0.25) is 0 Å². The number of hydrogen-bond acceptors (Lipinski definition) is 4. The van der Waals surface area contributed by atoms with Crippen molar-refractivity contribution in [1.82, 2.24) is 4.98 Å². The van der Waals surface area contributed by atoms with Crippen LogP contribution in [0.15, 0.2) is 28.7 Å². The molecule has 19 heavy (non-hydrogen) atoms. The van der Waals surface area contributed by atoms with E-state index in [-0.39, 0.29) is 0 Å². The van der Waals surface area contributed by atoms with Gasteiger partial charge in [0.2, 0.25) is 0 Å². The quantitative estimate of drug-likeness (QED) is 0.900. The molecular formula is C15H24N2O2. The van der Waals surface area contributed by atoms with Crippen molar-refractivity contribution in [3.63, 3.8) is 0 Å². The first-order valence-corrected chi connectivity index (χ1v) is 6.37.